The number of aliphatic hydroxyl groups excluding tert-OH is 1. The van der Waals surface area contributed by atoms with Crippen LogP contribution in [0.25, 0.3) is 0 Å². The van der Waals surface area contributed by atoms with Crippen LogP contribution in [0.15, 0.2) is 11.6 Å². The largest absolute Gasteiger partial charge is 0.392 e. The molecule has 0 amide bonds. The Kier molecular flexibility index (Phi) is 5.27. The summed E-state index contributed by atoms with van der Waals surface area (Å²) < 4.78 is 0. The number of aliphatic hydroxyl groups is 1. The molecule has 0 spiro atoms. The average Bonchev–Trinajstić information content (AvgIpc) is 2.33. The van der Waals surface area contributed by atoms with Crippen molar-refractivity contribution in [2.24, 2.45) is 11.3 Å². The number of carbonyl (C=O) groups excluding carboxylic acids is 2. The molecule has 1 aliphatic carbocycles. The van der Waals surface area contributed by atoms with Crippen LogP contribution < -0.4 is 0 Å². The topological polar surface area (TPSA) is 54.4 Å². The first-order chi connectivity index (χ1) is 8.36. The molecular formula is C15H24O3. The lowest BCUT2D eigenvalue weighted by atomic mass is 9.81. The Morgan fingerprint density at radius 1 is 1.33 bits per heavy atom. The summed E-state index contributed by atoms with van der Waals surface area (Å²) in [6.07, 6.45) is 5.02. The van der Waals surface area contributed by atoms with Crippen molar-refractivity contribution in [1.82, 2.24) is 0 Å². The summed E-state index contributed by atoms with van der Waals surface area (Å²) in [6, 6.07) is 0. The van der Waals surface area contributed by atoms with Gasteiger partial charge in [-0.05, 0) is 30.9 Å². The summed E-state index contributed by atoms with van der Waals surface area (Å²) in [5.74, 6) is 0.365. The van der Waals surface area contributed by atoms with Gasteiger partial charge < -0.3 is 5.11 Å². The Hall–Kier alpha value is -0.960. The Balaban J connectivity index is 2.91. The molecule has 0 heterocycles. The lowest BCUT2D eigenvalue weighted by Gasteiger charge is -2.21. The fourth-order valence-corrected chi connectivity index (χ4v) is 2.24. The molecule has 1 aliphatic rings. The summed E-state index contributed by atoms with van der Waals surface area (Å²) >= 11 is 0. The van der Waals surface area contributed by atoms with Crippen LogP contribution in [0.1, 0.15) is 52.9 Å². The maximum Gasteiger partial charge on any atom is 0.161 e. The first kappa shape index (κ1) is 15.1. The van der Waals surface area contributed by atoms with E-state index in [9.17, 15) is 14.7 Å². The molecule has 0 radical (unpaired) electrons. The molecule has 0 fully saturated rings. The molecule has 0 saturated heterocycles. The Labute approximate surface area is 109 Å². The van der Waals surface area contributed by atoms with Gasteiger partial charge in [-0.15, -0.1) is 0 Å². The Morgan fingerprint density at radius 2 is 2.00 bits per heavy atom. The summed E-state index contributed by atoms with van der Waals surface area (Å²) in [6.45, 7) is 5.69. The van der Waals surface area contributed by atoms with Crippen LogP contribution in [0.4, 0.5) is 0 Å². The second-order valence-corrected chi connectivity index (χ2v) is 5.97. The van der Waals surface area contributed by atoms with Gasteiger partial charge in [0.05, 0.1) is 6.61 Å². The van der Waals surface area contributed by atoms with Crippen LogP contribution in [0.2, 0.25) is 0 Å². The van der Waals surface area contributed by atoms with Gasteiger partial charge in [-0.25, -0.2) is 0 Å². The fourth-order valence-electron chi connectivity index (χ4n) is 2.24. The molecule has 3 nitrogen and oxygen atoms in total. The first-order valence-corrected chi connectivity index (χ1v) is 6.74. The standard InChI is InChI=1S/C15H24O3/c1-11-5-4-8-15(2,3)14(18)9-12(10-16)6-7-13(11)17/h9,11,16H,4-8,10H2,1-3H3/b12-9+. The van der Waals surface area contributed by atoms with Crippen molar-refractivity contribution in [3.05, 3.63) is 11.6 Å². The molecule has 0 bridgehead atoms. The monoisotopic (exact) mass is 252 g/mol. The number of hydrogen-bond acceptors (Lipinski definition) is 3. The molecule has 1 rings (SSSR count). The van der Waals surface area contributed by atoms with Gasteiger partial charge in [-0.1, -0.05) is 27.2 Å². The fraction of sp³-hybridized carbons (Fsp3) is 0.733. The lowest BCUT2D eigenvalue weighted by molar-refractivity contribution is -0.122. The van der Waals surface area contributed by atoms with E-state index in [2.05, 4.69) is 0 Å². The van der Waals surface area contributed by atoms with E-state index in [1.165, 1.54) is 0 Å². The predicted octanol–water partition coefficient (Wildman–Crippen LogP) is 2.67. The molecule has 18 heavy (non-hydrogen) atoms. The molecule has 0 aromatic carbocycles. The molecule has 0 aromatic heterocycles. The van der Waals surface area contributed by atoms with Crippen LogP contribution in [-0.4, -0.2) is 23.3 Å². The highest BCUT2D eigenvalue weighted by Crippen LogP contribution is 2.28. The van der Waals surface area contributed by atoms with Gasteiger partial charge in [0.2, 0.25) is 0 Å². The maximum absolute atomic E-state index is 12.1. The van der Waals surface area contributed by atoms with Gasteiger partial charge in [0.1, 0.15) is 5.78 Å². The molecule has 1 N–H and O–H groups in total. The van der Waals surface area contributed by atoms with Crippen molar-refractivity contribution in [2.45, 2.75) is 52.9 Å². The van der Waals surface area contributed by atoms with Crippen LogP contribution >= 0.6 is 0 Å². The van der Waals surface area contributed by atoms with E-state index >= 15 is 0 Å². The predicted molar refractivity (Wildman–Crippen MR) is 71.2 cm³/mol. The van der Waals surface area contributed by atoms with Crippen molar-refractivity contribution in [3.8, 4) is 0 Å². The molecule has 0 aromatic rings. The second-order valence-electron chi connectivity index (χ2n) is 5.97. The van der Waals surface area contributed by atoms with Crippen molar-refractivity contribution < 1.29 is 14.7 Å². The minimum Gasteiger partial charge on any atom is -0.392 e. The third-order valence-corrected chi connectivity index (χ3v) is 3.89. The second kappa shape index (κ2) is 6.28. The number of carbonyl (C=O) groups is 2. The van der Waals surface area contributed by atoms with E-state index in [0.717, 1.165) is 19.3 Å². The summed E-state index contributed by atoms with van der Waals surface area (Å²) in [7, 11) is 0. The number of allylic oxidation sites excluding steroid dienone is 1. The quantitative estimate of drug-likeness (QED) is 0.780. The third kappa shape index (κ3) is 4.05. The molecule has 1 unspecified atom stereocenters. The highest BCUT2D eigenvalue weighted by molar-refractivity contribution is 5.95. The lowest BCUT2D eigenvalue weighted by Crippen LogP contribution is -2.23. The molecule has 0 saturated carbocycles. The van der Waals surface area contributed by atoms with Gasteiger partial charge in [0.25, 0.3) is 0 Å². The molecule has 3 heteroatoms. The minimum absolute atomic E-state index is 0.0635. The van der Waals surface area contributed by atoms with Crippen molar-refractivity contribution in [2.75, 3.05) is 6.61 Å². The summed E-state index contributed by atoms with van der Waals surface area (Å²) in [5.41, 5.74) is 0.281. The van der Waals surface area contributed by atoms with Gasteiger partial charge in [-0.3, -0.25) is 9.59 Å². The highest BCUT2D eigenvalue weighted by Gasteiger charge is 2.27. The smallest absolute Gasteiger partial charge is 0.161 e. The Bertz CT molecular complexity index is 353. The summed E-state index contributed by atoms with van der Waals surface area (Å²) in [4.78, 5) is 24.0. The van der Waals surface area contributed by atoms with Crippen molar-refractivity contribution in [3.63, 3.8) is 0 Å². The summed E-state index contributed by atoms with van der Waals surface area (Å²) in [5, 5.41) is 9.25. The van der Waals surface area contributed by atoms with Crippen LogP contribution in [0.5, 0.6) is 0 Å². The van der Waals surface area contributed by atoms with E-state index in [4.69, 9.17) is 0 Å². The zero-order chi connectivity index (χ0) is 13.8. The number of rotatable bonds is 1. The SMILES string of the molecule is CC1CCCC(C)(C)C(=O)/C=C(/CO)CCC1=O. The van der Waals surface area contributed by atoms with Gasteiger partial charge in [0, 0.05) is 17.8 Å². The number of ketones is 2. The van der Waals surface area contributed by atoms with Crippen molar-refractivity contribution >= 4 is 11.6 Å². The number of hydrogen-bond donors (Lipinski definition) is 1. The normalized spacial score (nSPS) is 29.3. The number of Topliss-reactive ketones (excluding diaryl/α,β-unsaturated/α-hetero) is 1. The maximum atomic E-state index is 12.1. The third-order valence-electron chi connectivity index (χ3n) is 3.89. The minimum atomic E-state index is -0.395. The van der Waals surface area contributed by atoms with E-state index in [0.29, 0.717) is 18.4 Å². The molecular weight excluding hydrogens is 228 g/mol. The van der Waals surface area contributed by atoms with Crippen LogP contribution in [0, 0.1) is 11.3 Å². The van der Waals surface area contributed by atoms with Gasteiger partial charge >= 0.3 is 0 Å². The zero-order valence-electron chi connectivity index (χ0n) is 11.7. The van der Waals surface area contributed by atoms with Crippen LogP contribution in [-0.2, 0) is 9.59 Å². The van der Waals surface area contributed by atoms with Crippen LogP contribution in [0.3, 0.4) is 0 Å². The molecule has 102 valence electrons. The van der Waals surface area contributed by atoms with E-state index in [1.807, 2.05) is 20.8 Å². The van der Waals surface area contributed by atoms with Crippen molar-refractivity contribution in [1.29, 1.82) is 0 Å². The zero-order valence-corrected chi connectivity index (χ0v) is 11.7. The van der Waals surface area contributed by atoms with Gasteiger partial charge in [-0.2, -0.15) is 0 Å². The molecule has 0 aliphatic heterocycles. The van der Waals surface area contributed by atoms with E-state index < -0.39 is 5.41 Å². The average molecular weight is 252 g/mol. The van der Waals surface area contributed by atoms with E-state index in [1.54, 1.807) is 6.08 Å². The van der Waals surface area contributed by atoms with E-state index in [-0.39, 0.29) is 24.1 Å². The van der Waals surface area contributed by atoms with Gasteiger partial charge in [0.15, 0.2) is 5.78 Å². The first-order valence-electron chi connectivity index (χ1n) is 6.74. The Morgan fingerprint density at radius 3 is 2.61 bits per heavy atom. The molecule has 1 atom stereocenters. The highest BCUT2D eigenvalue weighted by atomic mass is 16.3.